The second kappa shape index (κ2) is 12.6. The first kappa shape index (κ1) is 27.3. The summed E-state index contributed by atoms with van der Waals surface area (Å²) in [5.74, 6) is -0.0918. The van der Waals surface area contributed by atoms with E-state index < -0.39 is 14.9 Å². The van der Waals surface area contributed by atoms with E-state index in [9.17, 15) is 23.3 Å². The summed E-state index contributed by atoms with van der Waals surface area (Å²) in [4.78, 5) is 22.8. The van der Waals surface area contributed by atoms with Crippen LogP contribution < -0.4 is 20.1 Å². The van der Waals surface area contributed by atoms with Crippen LogP contribution in [0.4, 0.5) is 0 Å². The van der Waals surface area contributed by atoms with Crippen molar-refractivity contribution in [1.29, 1.82) is 0 Å². The molecule has 1 fully saturated rings. The summed E-state index contributed by atoms with van der Waals surface area (Å²) in [5.41, 5.74) is 1.12. The molecule has 194 valence electrons. The molecular formula is C24H29ClN4O6S. The number of rotatable bonds is 11. The normalized spacial score (nSPS) is 14.7. The zero-order chi connectivity index (χ0) is 26.1. The Hall–Kier alpha value is -3.31. The van der Waals surface area contributed by atoms with Gasteiger partial charge in [-0.1, -0.05) is 43.0 Å². The molecule has 0 aliphatic heterocycles. The highest BCUT2D eigenvalue weighted by Gasteiger charge is 2.21. The Balaban J connectivity index is 1.59. The van der Waals surface area contributed by atoms with Gasteiger partial charge in [0, 0.05) is 17.6 Å². The smallest absolute Gasteiger partial charge is 0.275 e. The molecule has 3 N–H and O–H groups in total. The average Bonchev–Trinajstić information content (AvgIpc) is 2.84. The van der Waals surface area contributed by atoms with Crippen LogP contribution in [0.2, 0.25) is 5.02 Å². The van der Waals surface area contributed by atoms with Gasteiger partial charge in [-0.05, 0) is 55.2 Å². The van der Waals surface area contributed by atoms with E-state index in [1.54, 1.807) is 24.3 Å². The average molecular weight is 537 g/mol. The highest BCUT2D eigenvalue weighted by molar-refractivity contribution is 7.89. The van der Waals surface area contributed by atoms with E-state index in [0.717, 1.165) is 37.7 Å². The molecule has 0 heterocycles. The summed E-state index contributed by atoms with van der Waals surface area (Å²) in [6, 6.07) is 10.8. The van der Waals surface area contributed by atoms with Crippen LogP contribution in [0, 0.1) is 10.1 Å². The van der Waals surface area contributed by atoms with Gasteiger partial charge in [0.25, 0.3) is 22.1 Å². The molecule has 12 heteroatoms. The highest BCUT2D eigenvalue weighted by atomic mass is 35.5. The molecule has 1 saturated carbocycles. The van der Waals surface area contributed by atoms with E-state index in [-0.39, 0.29) is 22.7 Å². The maximum atomic E-state index is 12.8. The van der Waals surface area contributed by atoms with Crippen LogP contribution in [0.3, 0.4) is 0 Å². The standard InChI is InChI=1S/C24H29ClN4O6S/c1-35-22-12-9-18(25)15-21(22)24(30)26-14-13-17-7-10-20(11-8-17)36(33,34)28-23(16-29(31)32)27-19-5-3-2-4-6-19/h7-12,15-16,19,27-28H,2-6,13-14H2,1H3,(H,26,30)/b23-16+. The van der Waals surface area contributed by atoms with Gasteiger partial charge >= 0.3 is 0 Å². The number of nitro groups is 1. The number of carbonyl (C=O) groups excluding carboxylic acids is 1. The summed E-state index contributed by atoms with van der Waals surface area (Å²) < 4.78 is 33.2. The molecular weight excluding hydrogens is 508 g/mol. The molecule has 0 spiro atoms. The van der Waals surface area contributed by atoms with Crippen molar-refractivity contribution in [2.24, 2.45) is 0 Å². The minimum Gasteiger partial charge on any atom is -0.496 e. The number of halogens is 1. The Labute approximate surface area is 215 Å². The third kappa shape index (κ3) is 7.85. The summed E-state index contributed by atoms with van der Waals surface area (Å²) in [7, 11) is -2.57. The lowest BCUT2D eigenvalue weighted by Gasteiger charge is -2.24. The fraction of sp³-hybridized carbons (Fsp3) is 0.375. The van der Waals surface area contributed by atoms with Gasteiger partial charge in [-0.3, -0.25) is 19.6 Å². The van der Waals surface area contributed by atoms with Crippen molar-refractivity contribution in [2.45, 2.75) is 49.5 Å². The van der Waals surface area contributed by atoms with Crippen molar-refractivity contribution in [3.63, 3.8) is 0 Å². The summed E-state index contributed by atoms with van der Waals surface area (Å²) in [5, 5.41) is 17.2. The molecule has 0 radical (unpaired) electrons. The third-order valence-electron chi connectivity index (χ3n) is 5.78. The molecule has 1 aliphatic rings. The Morgan fingerprint density at radius 3 is 2.50 bits per heavy atom. The molecule has 2 aromatic rings. The molecule has 0 unspecified atom stereocenters. The number of nitrogens with one attached hydrogen (secondary N) is 3. The van der Waals surface area contributed by atoms with Crippen LogP contribution >= 0.6 is 11.6 Å². The van der Waals surface area contributed by atoms with Gasteiger partial charge < -0.3 is 15.4 Å². The first-order valence-electron chi connectivity index (χ1n) is 11.5. The fourth-order valence-corrected chi connectivity index (χ4v) is 5.16. The lowest BCUT2D eigenvalue weighted by molar-refractivity contribution is -0.404. The highest BCUT2D eigenvalue weighted by Crippen LogP contribution is 2.22. The zero-order valence-electron chi connectivity index (χ0n) is 19.8. The van der Waals surface area contributed by atoms with Crippen molar-refractivity contribution >= 4 is 27.5 Å². The Morgan fingerprint density at radius 2 is 1.86 bits per heavy atom. The van der Waals surface area contributed by atoms with Gasteiger partial charge in [-0.15, -0.1) is 0 Å². The molecule has 1 amide bonds. The van der Waals surface area contributed by atoms with Gasteiger partial charge in [-0.2, -0.15) is 0 Å². The number of sulfonamides is 1. The Bertz CT molecular complexity index is 1210. The van der Waals surface area contributed by atoms with Crippen LogP contribution in [-0.4, -0.2) is 38.9 Å². The van der Waals surface area contributed by atoms with Gasteiger partial charge in [0.05, 0.1) is 22.5 Å². The minimum absolute atomic E-state index is 0.0166. The molecule has 0 saturated heterocycles. The number of benzene rings is 2. The van der Waals surface area contributed by atoms with Gasteiger partial charge in [0.1, 0.15) is 5.75 Å². The van der Waals surface area contributed by atoms with Crippen LogP contribution in [0.5, 0.6) is 5.75 Å². The second-order valence-corrected chi connectivity index (χ2v) is 10.5. The topological polar surface area (TPSA) is 140 Å². The predicted octanol–water partition coefficient (Wildman–Crippen LogP) is 3.60. The van der Waals surface area contributed by atoms with Crippen LogP contribution in [-0.2, 0) is 16.4 Å². The SMILES string of the molecule is COc1ccc(Cl)cc1C(=O)NCCc1ccc(S(=O)(=O)N/C(=C/[N+](=O)[O-])NC2CCCCC2)cc1. The van der Waals surface area contributed by atoms with Gasteiger partial charge in [0.15, 0.2) is 5.82 Å². The van der Waals surface area contributed by atoms with Crippen molar-refractivity contribution in [3.05, 3.63) is 80.7 Å². The molecule has 0 atom stereocenters. The number of amides is 1. The number of methoxy groups -OCH3 is 1. The summed E-state index contributed by atoms with van der Waals surface area (Å²) >= 11 is 5.97. The van der Waals surface area contributed by atoms with Crippen LogP contribution in [0.15, 0.2) is 59.4 Å². The summed E-state index contributed by atoms with van der Waals surface area (Å²) in [6.07, 6.45) is 5.83. The quantitative estimate of drug-likeness (QED) is 0.294. The molecule has 10 nitrogen and oxygen atoms in total. The monoisotopic (exact) mass is 536 g/mol. The molecule has 0 aromatic heterocycles. The minimum atomic E-state index is -4.04. The number of ether oxygens (including phenoxy) is 1. The number of hydrogen-bond acceptors (Lipinski definition) is 7. The first-order chi connectivity index (χ1) is 17.2. The maximum absolute atomic E-state index is 12.8. The Morgan fingerprint density at radius 1 is 1.17 bits per heavy atom. The maximum Gasteiger partial charge on any atom is 0.275 e. The number of carbonyl (C=O) groups is 1. The lowest BCUT2D eigenvalue weighted by atomic mass is 9.96. The molecule has 1 aliphatic carbocycles. The molecule has 0 bridgehead atoms. The molecule has 3 rings (SSSR count). The number of hydrogen-bond donors (Lipinski definition) is 3. The van der Waals surface area contributed by atoms with E-state index in [1.807, 2.05) is 0 Å². The van der Waals surface area contributed by atoms with E-state index >= 15 is 0 Å². The molecule has 36 heavy (non-hydrogen) atoms. The predicted molar refractivity (Wildman–Crippen MR) is 136 cm³/mol. The van der Waals surface area contributed by atoms with E-state index in [0.29, 0.717) is 35.5 Å². The van der Waals surface area contributed by atoms with Crippen LogP contribution in [0.25, 0.3) is 0 Å². The van der Waals surface area contributed by atoms with E-state index in [4.69, 9.17) is 16.3 Å². The van der Waals surface area contributed by atoms with E-state index in [1.165, 1.54) is 25.3 Å². The second-order valence-electron chi connectivity index (χ2n) is 8.41. The third-order valence-corrected chi connectivity index (χ3v) is 7.40. The van der Waals surface area contributed by atoms with Crippen molar-refractivity contribution in [1.82, 2.24) is 15.4 Å². The van der Waals surface area contributed by atoms with Gasteiger partial charge in [-0.25, -0.2) is 8.42 Å². The Kier molecular flexibility index (Phi) is 9.54. The summed E-state index contributed by atoms with van der Waals surface area (Å²) in [6.45, 7) is 0.305. The molecule has 2 aromatic carbocycles. The lowest BCUT2D eigenvalue weighted by Crippen LogP contribution is -2.39. The largest absolute Gasteiger partial charge is 0.496 e. The fourth-order valence-electron chi connectivity index (χ4n) is 3.98. The first-order valence-corrected chi connectivity index (χ1v) is 13.4. The zero-order valence-corrected chi connectivity index (χ0v) is 21.4. The number of nitrogens with zero attached hydrogens (tertiary/aromatic N) is 1. The van der Waals surface area contributed by atoms with E-state index in [2.05, 4.69) is 15.4 Å². The van der Waals surface area contributed by atoms with Crippen molar-refractivity contribution in [3.8, 4) is 5.75 Å². The van der Waals surface area contributed by atoms with Crippen molar-refractivity contribution in [2.75, 3.05) is 13.7 Å². The van der Waals surface area contributed by atoms with Crippen molar-refractivity contribution < 1.29 is 22.9 Å². The van der Waals surface area contributed by atoms with Crippen LogP contribution in [0.1, 0.15) is 48.0 Å². The van der Waals surface area contributed by atoms with Gasteiger partial charge in [0.2, 0.25) is 0 Å².